The molecule has 2 aromatic heterocycles. The zero-order valence-electron chi connectivity index (χ0n) is 9.64. The molecule has 90 valence electrons. The smallest absolute Gasteiger partial charge is 0.223 e. The van der Waals surface area contributed by atoms with Gasteiger partial charge >= 0.3 is 0 Å². The highest BCUT2D eigenvalue weighted by Gasteiger charge is 2.07. The topological polar surface area (TPSA) is 103 Å². The van der Waals surface area contributed by atoms with E-state index in [0.29, 0.717) is 17.6 Å². The van der Waals surface area contributed by atoms with Gasteiger partial charge in [-0.1, -0.05) is 13.8 Å². The lowest BCUT2D eigenvalue weighted by molar-refractivity contribution is 0.834. The Bertz CT molecular complexity index is 501. The highest BCUT2D eigenvalue weighted by molar-refractivity contribution is 7.13. The van der Waals surface area contributed by atoms with Crippen molar-refractivity contribution in [2.45, 2.75) is 19.8 Å². The van der Waals surface area contributed by atoms with Crippen LogP contribution in [0, 0.1) is 0 Å². The molecule has 0 amide bonds. The molecule has 0 aliphatic carbocycles. The van der Waals surface area contributed by atoms with Crippen molar-refractivity contribution in [2.24, 2.45) is 0 Å². The summed E-state index contributed by atoms with van der Waals surface area (Å²) in [5.74, 6) is 1.44. The lowest BCUT2D eigenvalue weighted by atomic mass is 10.2. The third-order valence-electron chi connectivity index (χ3n) is 2.11. The van der Waals surface area contributed by atoms with Crippen molar-refractivity contribution >= 4 is 34.1 Å². The maximum Gasteiger partial charge on any atom is 0.223 e. The van der Waals surface area contributed by atoms with Crippen LogP contribution in [0.4, 0.5) is 22.7 Å². The molecule has 0 atom stereocenters. The minimum atomic E-state index is 0.146. The van der Waals surface area contributed by atoms with Crippen LogP contribution in [0.1, 0.15) is 25.5 Å². The molecule has 2 rings (SSSR count). The summed E-state index contributed by atoms with van der Waals surface area (Å²) in [6, 6.07) is 1.62. The minimum Gasteiger partial charge on any atom is -0.383 e. The third-order valence-corrected chi connectivity index (χ3v) is 2.89. The first-order chi connectivity index (χ1) is 8.04. The van der Waals surface area contributed by atoms with Gasteiger partial charge in [-0.05, 0) is 5.92 Å². The van der Waals surface area contributed by atoms with E-state index >= 15 is 0 Å². The zero-order chi connectivity index (χ0) is 12.4. The van der Waals surface area contributed by atoms with Crippen molar-refractivity contribution in [2.75, 3.05) is 16.8 Å². The number of anilines is 4. The van der Waals surface area contributed by atoms with Gasteiger partial charge in [-0.3, -0.25) is 0 Å². The van der Waals surface area contributed by atoms with Crippen molar-refractivity contribution in [3.05, 3.63) is 17.1 Å². The van der Waals surface area contributed by atoms with E-state index in [-0.39, 0.29) is 5.95 Å². The van der Waals surface area contributed by atoms with Crippen LogP contribution in [0.5, 0.6) is 0 Å². The number of nitrogen functional groups attached to an aromatic ring is 2. The normalized spacial score (nSPS) is 10.8. The largest absolute Gasteiger partial charge is 0.383 e. The lowest BCUT2D eigenvalue weighted by Gasteiger charge is -2.03. The van der Waals surface area contributed by atoms with Crippen LogP contribution in [0.15, 0.2) is 11.4 Å². The predicted molar refractivity (Wildman–Crippen MR) is 70.3 cm³/mol. The molecule has 0 bridgehead atoms. The van der Waals surface area contributed by atoms with Crippen LogP contribution >= 0.6 is 11.3 Å². The molecule has 6 nitrogen and oxygen atoms in total. The minimum absolute atomic E-state index is 0.146. The Morgan fingerprint density at radius 2 is 2.00 bits per heavy atom. The maximum absolute atomic E-state index is 5.58. The van der Waals surface area contributed by atoms with E-state index in [1.54, 1.807) is 6.07 Å². The Morgan fingerprint density at radius 1 is 1.24 bits per heavy atom. The summed E-state index contributed by atoms with van der Waals surface area (Å²) in [7, 11) is 0. The second-order valence-corrected chi connectivity index (χ2v) is 4.75. The van der Waals surface area contributed by atoms with Gasteiger partial charge in [-0.25, -0.2) is 4.98 Å². The fraction of sp³-hybridized carbons (Fsp3) is 0.300. The van der Waals surface area contributed by atoms with Gasteiger partial charge in [0.2, 0.25) is 5.95 Å². The van der Waals surface area contributed by atoms with Gasteiger partial charge in [0.05, 0.1) is 5.69 Å². The van der Waals surface area contributed by atoms with Crippen LogP contribution in [0.25, 0.3) is 0 Å². The fourth-order valence-electron chi connectivity index (χ4n) is 1.27. The number of rotatable bonds is 3. The lowest BCUT2D eigenvalue weighted by Crippen LogP contribution is -2.02. The molecule has 0 spiro atoms. The predicted octanol–water partition coefficient (Wildman–Crippen LogP) is 1.96. The number of nitrogens with one attached hydrogen (secondary N) is 1. The average molecular weight is 250 g/mol. The number of nitrogens with zero attached hydrogens (tertiary/aromatic N) is 3. The van der Waals surface area contributed by atoms with E-state index in [9.17, 15) is 0 Å². The number of hydrogen-bond donors (Lipinski definition) is 3. The molecule has 0 unspecified atom stereocenters. The van der Waals surface area contributed by atoms with E-state index in [4.69, 9.17) is 11.5 Å². The summed E-state index contributed by atoms with van der Waals surface area (Å²) in [6.45, 7) is 4.19. The Hall–Kier alpha value is -1.89. The standard InChI is InChI=1S/C10H14N6S/c1-5(2)6-4-17-10(13-6)16-8-3-7(11)14-9(12)15-8/h3-5H,1-2H3,(H5,11,12,13,14,15,16). The Balaban J connectivity index is 2.19. The van der Waals surface area contributed by atoms with E-state index < -0.39 is 0 Å². The molecule has 0 aromatic carbocycles. The molecule has 0 aliphatic heterocycles. The van der Waals surface area contributed by atoms with Gasteiger partial charge < -0.3 is 16.8 Å². The van der Waals surface area contributed by atoms with Gasteiger partial charge in [0.25, 0.3) is 0 Å². The summed E-state index contributed by atoms with van der Waals surface area (Å²) in [4.78, 5) is 12.3. The van der Waals surface area contributed by atoms with Crippen LogP contribution in [-0.4, -0.2) is 15.0 Å². The van der Waals surface area contributed by atoms with Crippen LogP contribution < -0.4 is 16.8 Å². The molecular formula is C10H14N6S. The average Bonchev–Trinajstić information content (AvgIpc) is 2.64. The Kier molecular flexibility index (Phi) is 3.10. The Morgan fingerprint density at radius 3 is 2.59 bits per heavy atom. The summed E-state index contributed by atoms with van der Waals surface area (Å²) in [6.07, 6.45) is 0. The number of thiazole rings is 1. The monoisotopic (exact) mass is 250 g/mol. The highest BCUT2D eigenvalue weighted by Crippen LogP contribution is 2.24. The second kappa shape index (κ2) is 4.54. The molecule has 17 heavy (non-hydrogen) atoms. The van der Waals surface area contributed by atoms with E-state index in [1.165, 1.54) is 11.3 Å². The van der Waals surface area contributed by atoms with Gasteiger partial charge in [0, 0.05) is 11.4 Å². The van der Waals surface area contributed by atoms with Gasteiger partial charge in [-0.2, -0.15) is 9.97 Å². The van der Waals surface area contributed by atoms with E-state index in [0.717, 1.165) is 10.8 Å². The number of aromatic nitrogens is 3. The van der Waals surface area contributed by atoms with E-state index in [2.05, 4.69) is 34.1 Å². The first kappa shape index (κ1) is 11.6. The molecular weight excluding hydrogens is 236 g/mol. The first-order valence-corrected chi connectivity index (χ1v) is 6.05. The SMILES string of the molecule is CC(C)c1csc(Nc2cc(N)nc(N)n2)n1. The zero-order valence-corrected chi connectivity index (χ0v) is 10.5. The molecule has 5 N–H and O–H groups in total. The van der Waals surface area contributed by atoms with Crippen molar-refractivity contribution in [3.63, 3.8) is 0 Å². The third kappa shape index (κ3) is 2.82. The molecule has 0 radical (unpaired) electrons. The molecule has 0 fully saturated rings. The van der Waals surface area contributed by atoms with Crippen molar-refractivity contribution in [3.8, 4) is 0 Å². The van der Waals surface area contributed by atoms with E-state index in [1.807, 2.05) is 5.38 Å². The van der Waals surface area contributed by atoms with Crippen molar-refractivity contribution in [1.82, 2.24) is 15.0 Å². The maximum atomic E-state index is 5.58. The summed E-state index contributed by atoms with van der Waals surface area (Å²) in [5, 5.41) is 5.84. The molecule has 0 saturated carbocycles. The summed E-state index contributed by atoms with van der Waals surface area (Å²) in [5.41, 5.74) is 12.1. The molecule has 7 heteroatoms. The van der Waals surface area contributed by atoms with Gasteiger partial charge in [-0.15, -0.1) is 11.3 Å². The van der Waals surface area contributed by atoms with Crippen molar-refractivity contribution < 1.29 is 0 Å². The first-order valence-electron chi connectivity index (χ1n) is 5.17. The summed E-state index contributed by atoms with van der Waals surface area (Å²) < 4.78 is 0. The molecule has 2 aromatic rings. The Labute approximate surface area is 103 Å². The second-order valence-electron chi connectivity index (χ2n) is 3.89. The van der Waals surface area contributed by atoms with Crippen LogP contribution in [0.3, 0.4) is 0 Å². The molecule has 0 saturated heterocycles. The molecule has 0 aliphatic rings. The van der Waals surface area contributed by atoms with Gasteiger partial charge in [0.1, 0.15) is 11.6 Å². The number of nitrogens with two attached hydrogens (primary N) is 2. The van der Waals surface area contributed by atoms with Gasteiger partial charge in [0.15, 0.2) is 5.13 Å². The fourth-order valence-corrected chi connectivity index (χ4v) is 2.15. The van der Waals surface area contributed by atoms with Crippen LogP contribution in [-0.2, 0) is 0 Å². The highest BCUT2D eigenvalue weighted by atomic mass is 32.1. The van der Waals surface area contributed by atoms with Crippen LogP contribution in [0.2, 0.25) is 0 Å². The quantitative estimate of drug-likeness (QED) is 0.769. The number of hydrogen-bond acceptors (Lipinski definition) is 7. The summed E-state index contributed by atoms with van der Waals surface area (Å²) >= 11 is 1.52. The van der Waals surface area contributed by atoms with Crippen molar-refractivity contribution in [1.29, 1.82) is 0 Å². The molecule has 2 heterocycles.